The number of amidine groups is 1. The van der Waals surface area contributed by atoms with Crippen LogP contribution >= 0.6 is 0 Å². The number of aliphatic imine (C=N–C) groups is 2. The van der Waals surface area contributed by atoms with Crippen LogP contribution in [0.3, 0.4) is 0 Å². The highest BCUT2D eigenvalue weighted by Gasteiger charge is 2.50. The first-order valence-corrected chi connectivity index (χ1v) is 11.3. The van der Waals surface area contributed by atoms with Crippen LogP contribution in [-0.2, 0) is 6.18 Å². The maximum Gasteiger partial charge on any atom is 0.433 e. The molecule has 5 rings (SSSR count). The van der Waals surface area contributed by atoms with Crippen LogP contribution in [0.15, 0.2) is 52.4 Å². The molecule has 3 heterocycles. The molecular formula is C23H23F6N7. The number of pyridine rings is 1. The average Bonchev–Trinajstić information content (AvgIpc) is 3.17. The molecule has 2 unspecified atom stereocenters. The molecule has 1 aromatic carbocycles. The zero-order valence-electron chi connectivity index (χ0n) is 18.9. The third-order valence-corrected chi connectivity index (χ3v) is 6.53. The first-order valence-electron chi connectivity index (χ1n) is 11.3. The highest BCUT2D eigenvalue weighted by atomic mass is 19.4. The number of nitrogens with zero attached hydrogens (tertiary/aromatic N) is 4. The fraction of sp³-hybridized carbons (Fsp3) is 0.435. The highest BCUT2D eigenvalue weighted by molar-refractivity contribution is 6.09. The molecule has 192 valence electrons. The summed E-state index contributed by atoms with van der Waals surface area (Å²) in [6, 6.07) is 9.10. The van der Waals surface area contributed by atoms with Crippen LogP contribution in [0, 0.1) is 11.7 Å². The predicted molar refractivity (Wildman–Crippen MR) is 121 cm³/mol. The molecule has 1 saturated carbocycles. The maximum absolute atomic E-state index is 14.0. The van der Waals surface area contributed by atoms with E-state index in [1.807, 2.05) is 4.90 Å². The van der Waals surface area contributed by atoms with Gasteiger partial charge in [-0.2, -0.15) is 13.2 Å². The Bertz CT molecular complexity index is 1190. The van der Waals surface area contributed by atoms with Crippen molar-refractivity contribution < 1.29 is 26.3 Å². The normalized spacial score (nSPS) is 27.3. The number of anilines is 1. The first-order chi connectivity index (χ1) is 16.9. The van der Waals surface area contributed by atoms with Crippen LogP contribution in [0.4, 0.5) is 32.0 Å². The lowest BCUT2D eigenvalue weighted by Gasteiger charge is -2.41. The minimum atomic E-state index is -4.68. The monoisotopic (exact) mass is 511 g/mol. The lowest BCUT2D eigenvalue weighted by atomic mass is 9.98. The summed E-state index contributed by atoms with van der Waals surface area (Å²) in [7, 11) is 0. The van der Waals surface area contributed by atoms with E-state index in [2.05, 4.69) is 25.6 Å². The van der Waals surface area contributed by atoms with Gasteiger partial charge >= 0.3 is 6.18 Å². The third-order valence-electron chi connectivity index (χ3n) is 6.53. The van der Waals surface area contributed by atoms with Crippen LogP contribution in [0.1, 0.15) is 30.7 Å². The summed E-state index contributed by atoms with van der Waals surface area (Å²) < 4.78 is 80.8. The standard InChI is InChI=1S/C23H23F6N7/c24-14-4-6-16(7-5-14)36-11-15(12-36)31-20-33-19(17-2-1-3-18(32-17)22(27,28)29)34-23(30,35-20)13-8-9-21(25,26)10-13/h1-7,13,15H,8-12,30H2,(H2,31,33,34,35). The molecule has 0 spiro atoms. The number of rotatable bonds is 4. The number of hydrogen-bond acceptors (Lipinski definition) is 5. The topological polar surface area (TPSA) is 90.9 Å². The van der Waals surface area contributed by atoms with E-state index in [9.17, 15) is 26.3 Å². The Labute approximate surface area is 202 Å². The van der Waals surface area contributed by atoms with Gasteiger partial charge in [0.05, 0.1) is 6.04 Å². The van der Waals surface area contributed by atoms with Gasteiger partial charge in [0, 0.05) is 37.5 Å². The average molecular weight is 511 g/mol. The number of nitrogens with two attached hydrogens (primary N) is 1. The summed E-state index contributed by atoms with van der Waals surface area (Å²) in [6.07, 6.45) is -5.47. The molecule has 1 aliphatic carbocycles. The molecule has 2 aliphatic heterocycles. The Morgan fingerprint density at radius 1 is 1.08 bits per heavy atom. The van der Waals surface area contributed by atoms with Crippen molar-refractivity contribution in [3.63, 3.8) is 0 Å². The summed E-state index contributed by atoms with van der Waals surface area (Å²) >= 11 is 0. The van der Waals surface area contributed by atoms with E-state index in [4.69, 9.17) is 5.73 Å². The van der Waals surface area contributed by atoms with Crippen molar-refractivity contribution in [2.75, 3.05) is 18.0 Å². The first kappa shape index (κ1) is 24.3. The van der Waals surface area contributed by atoms with Crippen molar-refractivity contribution in [3.05, 3.63) is 59.7 Å². The van der Waals surface area contributed by atoms with E-state index in [0.717, 1.165) is 11.8 Å². The molecule has 2 atom stereocenters. The van der Waals surface area contributed by atoms with Crippen molar-refractivity contribution in [2.24, 2.45) is 21.6 Å². The molecule has 0 radical (unpaired) electrons. The van der Waals surface area contributed by atoms with Gasteiger partial charge in [-0.05, 0) is 42.8 Å². The number of benzene rings is 1. The molecular weight excluding hydrogens is 488 g/mol. The van der Waals surface area contributed by atoms with Crippen LogP contribution in [-0.4, -0.2) is 47.6 Å². The van der Waals surface area contributed by atoms with E-state index in [-0.39, 0.29) is 42.2 Å². The summed E-state index contributed by atoms with van der Waals surface area (Å²) in [5.41, 5.74) is 6.00. The van der Waals surface area contributed by atoms with Gasteiger partial charge in [-0.1, -0.05) is 6.07 Å². The lowest BCUT2D eigenvalue weighted by molar-refractivity contribution is -0.141. The second-order valence-electron chi connectivity index (χ2n) is 9.25. The Balaban J connectivity index is 1.41. The number of halogens is 6. The maximum atomic E-state index is 14.0. The minimum absolute atomic E-state index is 0.0817. The number of guanidine groups is 1. The zero-order valence-corrected chi connectivity index (χ0v) is 18.9. The van der Waals surface area contributed by atoms with Crippen molar-refractivity contribution in [2.45, 2.75) is 43.2 Å². The summed E-state index contributed by atoms with van der Waals surface area (Å²) in [5.74, 6) is -5.73. The second-order valence-corrected chi connectivity index (χ2v) is 9.25. The van der Waals surface area contributed by atoms with Crippen LogP contribution in [0.5, 0.6) is 0 Å². The molecule has 4 N–H and O–H groups in total. The van der Waals surface area contributed by atoms with Gasteiger partial charge in [-0.25, -0.2) is 28.1 Å². The molecule has 0 amide bonds. The third kappa shape index (κ3) is 4.97. The SMILES string of the molecule is NC1(C2CCC(F)(F)C2)N=C(c2cccc(C(F)(F)F)n2)NC(=NC2CN(c3ccc(F)cc3)C2)N1. The van der Waals surface area contributed by atoms with Crippen LogP contribution < -0.4 is 21.3 Å². The number of alkyl halides is 5. The van der Waals surface area contributed by atoms with Crippen molar-refractivity contribution >= 4 is 17.5 Å². The Kier molecular flexibility index (Phi) is 5.85. The number of aromatic nitrogens is 1. The molecule has 1 aromatic heterocycles. The predicted octanol–water partition coefficient (Wildman–Crippen LogP) is 3.47. The Morgan fingerprint density at radius 2 is 1.81 bits per heavy atom. The van der Waals surface area contributed by atoms with E-state index in [1.54, 1.807) is 12.1 Å². The minimum Gasteiger partial charge on any atom is -0.367 e. The van der Waals surface area contributed by atoms with Crippen LogP contribution in [0.2, 0.25) is 0 Å². The molecule has 13 heteroatoms. The lowest BCUT2D eigenvalue weighted by Crippen LogP contribution is -2.67. The van der Waals surface area contributed by atoms with Crippen molar-refractivity contribution in [1.82, 2.24) is 15.6 Å². The Hall–Kier alpha value is -3.35. The zero-order chi connectivity index (χ0) is 25.7. The van der Waals surface area contributed by atoms with Gasteiger partial charge < -0.3 is 15.5 Å². The molecule has 36 heavy (non-hydrogen) atoms. The summed E-state index contributed by atoms with van der Waals surface area (Å²) in [5, 5.41) is 5.73. The van der Waals surface area contributed by atoms with Crippen molar-refractivity contribution in [3.8, 4) is 0 Å². The summed E-state index contributed by atoms with van der Waals surface area (Å²) in [4.78, 5) is 14.5. The largest absolute Gasteiger partial charge is 0.433 e. The Morgan fingerprint density at radius 3 is 2.44 bits per heavy atom. The van der Waals surface area contributed by atoms with E-state index >= 15 is 0 Å². The summed E-state index contributed by atoms with van der Waals surface area (Å²) in [6.45, 7) is 0.984. The van der Waals surface area contributed by atoms with E-state index < -0.39 is 35.9 Å². The molecule has 1 saturated heterocycles. The van der Waals surface area contributed by atoms with E-state index in [0.29, 0.717) is 13.1 Å². The molecule has 3 aliphatic rings. The highest BCUT2D eigenvalue weighted by Crippen LogP contribution is 2.43. The molecule has 7 nitrogen and oxygen atoms in total. The van der Waals surface area contributed by atoms with Gasteiger partial charge in [0.15, 0.2) is 17.6 Å². The molecule has 2 fully saturated rings. The molecule has 0 bridgehead atoms. The molecule has 2 aromatic rings. The smallest absolute Gasteiger partial charge is 0.367 e. The van der Waals surface area contributed by atoms with Crippen LogP contribution in [0.25, 0.3) is 0 Å². The number of nitrogens with one attached hydrogen (secondary N) is 2. The van der Waals surface area contributed by atoms with Gasteiger partial charge in [0.25, 0.3) is 0 Å². The number of hydrogen-bond donors (Lipinski definition) is 3. The van der Waals surface area contributed by atoms with Gasteiger partial charge in [-0.15, -0.1) is 0 Å². The van der Waals surface area contributed by atoms with E-state index in [1.165, 1.54) is 24.3 Å². The van der Waals surface area contributed by atoms with Gasteiger partial charge in [0.1, 0.15) is 17.2 Å². The van der Waals surface area contributed by atoms with Gasteiger partial charge in [0.2, 0.25) is 5.92 Å². The van der Waals surface area contributed by atoms with Gasteiger partial charge in [-0.3, -0.25) is 5.73 Å². The fourth-order valence-electron chi connectivity index (χ4n) is 4.59. The fourth-order valence-corrected chi connectivity index (χ4v) is 4.59. The second kappa shape index (κ2) is 8.64. The van der Waals surface area contributed by atoms with Crippen molar-refractivity contribution in [1.29, 1.82) is 0 Å². The quantitative estimate of drug-likeness (QED) is 0.547.